The number of fused-ring (bicyclic) bond motifs is 1. The van der Waals surface area contributed by atoms with Crippen LogP contribution in [0.1, 0.15) is 22.0 Å². The van der Waals surface area contributed by atoms with Crippen LogP contribution in [0.25, 0.3) is 0 Å². The summed E-state index contributed by atoms with van der Waals surface area (Å²) >= 11 is 0. The van der Waals surface area contributed by atoms with Crippen molar-refractivity contribution in [2.75, 3.05) is 11.9 Å². The van der Waals surface area contributed by atoms with E-state index in [0.29, 0.717) is 18.4 Å². The minimum absolute atomic E-state index is 0.152. The number of benzene rings is 1. The number of rotatable bonds is 5. The van der Waals surface area contributed by atoms with E-state index < -0.39 is 5.92 Å². The van der Waals surface area contributed by atoms with E-state index in [1.165, 1.54) is 4.68 Å². The van der Waals surface area contributed by atoms with Gasteiger partial charge in [0.1, 0.15) is 5.92 Å². The number of H-pyrrole nitrogens is 1. The average molecular weight is 321 g/mol. The van der Waals surface area contributed by atoms with E-state index in [9.17, 15) is 4.79 Å². The predicted octanol–water partition coefficient (Wildman–Crippen LogP) is 1.80. The first-order valence-electron chi connectivity index (χ1n) is 7.63. The number of aromatic nitrogens is 5. The number of imidazole rings is 1. The summed E-state index contributed by atoms with van der Waals surface area (Å²) in [4.78, 5) is 28.1. The van der Waals surface area contributed by atoms with Gasteiger partial charge in [-0.2, -0.15) is 9.67 Å². The van der Waals surface area contributed by atoms with Crippen LogP contribution in [0.15, 0.2) is 47.8 Å². The monoisotopic (exact) mass is 321 g/mol. The Labute approximate surface area is 137 Å². The van der Waals surface area contributed by atoms with E-state index >= 15 is 0 Å². The standard InChI is InChI=1S/C16H15N7O/c24-14-13(11-4-2-1-3-5-11)9-19-16-21-15(22-23(14)16)18-7-6-12-8-17-10-20-12/h1-5,8-10,13H,6-7H2,(H,17,20)(H,18,22). The first-order chi connectivity index (χ1) is 11.8. The molecule has 1 unspecified atom stereocenters. The third-order valence-electron chi connectivity index (χ3n) is 3.79. The van der Waals surface area contributed by atoms with Gasteiger partial charge in [0.25, 0.3) is 11.9 Å². The molecule has 1 aromatic carbocycles. The van der Waals surface area contributed by atoms with Crippen molar-refractivity contribution in [2.24, 2.45) is 4.99 Å². The van der Waals surface area contributed by atoms with Crippen molar-refractivity contribution in [3.8, 4) is 0 Å². The van der Waals surface area contributed by atoms with Crippen molar-refractivity contribution in [2.45, 2.75) is 12.3 Å². The quantitative estimate of drug-likeness (QED) is 0.746. The van der Waals surface area contributed by atoms with Gasteiger partial charge < -0.3 is 10.3 Å². The number of aliphatic imine (C=N–C) groups is 1. The molecule has 0 aliphatic carbocycles. The maximum Gasteiger partial charge on any atom is 0.263 e. The fourth-order valence-corrected chi connectivity index (χ4v) is 2.57. The summed E-state index contributed by atoms with van der Waals surface area (Å²) in [7, 11) is 0. The second-order valence-corrected chi connectivity index (χ2v) is 5.41. The Morgan fingerprint density at radius 1 is 1.25 bits per heavy atom. The molecule has 4 rings (SSSR count). The number of hydrogen-bond acceptors (Lipinski definition) is 6. The summed E-state index contributed by atoms with van der Waals surface area (Å²) in [5.74, 6) is 0.110. The smallest absolute Gasteiger partial charge is 0.263 e. The van der Waals surface area contributed by atoms with Gasteiger partial charge in [0.2, 0.25) is 5.95 Å². The highest BCUT2D eigenvalue weighted by Gasteiger charge is 2.28. The fourth-order valence-electron chi connectivity index (χ4n) is 2.57. The molecular formula is C16H15N7O. The lowest BCUT2D eigenvalue weighted by molar-refractivity contribution is 0.0887. The summed E-state index contributed by atoms with van der Waals surface area (Å²) in [6, 6.07) is 9.52. The topological polar surface area (TPSA) is 101 Å². The van der Waals surface area contributed by atoms with Gasteiger partial charge in [-0.1, -0.05) is 30.3 Å². The van der Waals surface area contributed by atoms with E-state index in [1.54, 1.807) is 18.7 Å². The van der Waals surface area contributed by atoms with Gasteiger partial charge in [0.15, 0.2) is 0 Å². The molecule has 0 fully saturated rings. The molecule has 1 aliphatic rings. The Morgan fingerprint density at radius 2 is 2.12 bits per heavy atom. The molecule has 2 N–H and O–H groups in total. The van der Waals surface area contributed by atoms with Crippen LogP contribution in [0, 0.1) is 0 Å². The molecule has 24 heavy (non-hydrogen) atoms. The molecular weight excluding hydrogens is 306 g/mol. The van der Waals surface area contributed by atoms with Crippen LogP contribution in [0.4, 0.5) is 11.9 Å². The predicted molar refractivity (Wildman–Crippen MR) is 88.8 cm³/mol. The lowest BCUT2D eigenvalue weighted by atomic mass is 9.99. The number of carbonyl (C=O) groups excluding carboxylic acids is 1. The Hall–Kier alpha value is -3.29. The molecule has 0 spiro atoms. The van der Waals surface area contributed by atoms with Gasteiger partial charge >= 0.3 is 0 Å². The van der Waals surface area contributed by atoms with Crippen molar-refractivity contribution in [3.05, 3.63) is 54.1 Å². The van der Waals surface area contributed by atoms with Crippen molar-refractivity contribution in [1.82, 2.24) is 24.7 Å². The van der Waals surface area contributed by atoms with Gasteiger partial charge in [0.05, 0.1) is 6.33 Å². The second kappa shape index (κ2) is 6.07. The van der Waals surface area contributed by atoms with Gasteiger partial charge in [-0.05, 0) is 5.56 Å². The number of nitrogens with one attached hydrogen (secondary N) is 2. The molecule has 1 atom stereocenters. The molecule has 3 heterocycles. The zero-order valence-corrected chi connectivity index (χ0v) is 12.8. The molecule has 0 radical (unpaired) electrons. The SMILES string of the molecule is O=C1C(c2ccccc2)C=Nc2nc(NCCc3cnc[nH]3)nn21. The van der Waals surface area contributed by atoms with Gasteiger partial charge in [-0.15, -0.1) is 5.10 Å². The lowest BCUT2D eigenvalue weighted by Crippen LogP contribution is -2.25. The highest BCUT2D eigenvalue weighted by Crippen LogP contribution is 2.24. The number of nitrogens with zero attached hydrogens (tertiary/aromatic N) is 5. The zero-order valence-electron chi connectivity index (χ0n) is 12.8. The molecule has 120 valence electrons. The molecule has 8 heteroatoms. The van der Waals surface area contributed by atoms with Crippen molar-refractivity contribution >= 4 is 24.0 Å². The minimum atomic E-state index is -0.432. The summed E-state index contributed by atoms with van der Waals surface area (Å²) in [5.41, 5.74) is 1.91. The van der Waals surface area contributed by atoms with Crippen LogP contribution in [-0.2, 0) is 6.42 Å². The van der Waals surface area contributed by atoms with Gasteiger partial charge in [0, 0.05) is 31.1 Å². The molecule has 2 aromatic heterocycles. The van der Waals surface area contributed by atoms with Crippen LogP contribution in [0.3, 0.4) is 0 Å². The van der Waals surface area contributed by atoms with Crippen molar-refractivity contribution in [3.63, 3.8) is 0 Å². The van der Waals surface area contributed by atoms with E-state index in [1.807, 2.05) is 30.3 Å². The Morgan fingerprint density at radius 3 is 2.92 bits per heavy atom. The van der Waals surface area contributed by atoms with E-state index in [2.05, 4.69) is 30.4 Å². The summed E-state index contributed by atoms with van der Waals surface area (Å²) in [6.45, 7) is 0.631. The highest BCUT2D eigenvalue weighted by molar-refractivity contribution is 6.03. The maximum atomic E-state index is 12.6. The normalized spacial score (nSPS) is 16.2. The summed E-state index contributed by atoms with van der Waals surface area (Å²) in [5, 5.41) is 7.33. The van der Waals surface area contributed by atoms with Crippen LogP contribution < -0.4 is 5.32 Å². The zero-order chi connectivity index (χ0) is 16.4. The summed E-state index contributed by atoms with van der Waals surface area (Å²) < 4.78 is 1.26. The van der Waals surface area contributed by atoms with E-state index in [-0.39, 0.29) is 5.91 Å². The minimum Gasteiger partial charge on any atom is -0.352 e. The Bertz CT molecular complexity index is 867. The van der Waals surface area contributed by atoms with Crippen LogP contribution in [0.2, 0.25) is 0 Å². The third-order valence-corrected chi connectivity index (χ3v) is 3.79. The highest BCUT2D eigenvalue weighted by atomic mass is 16.2. The fraction of sp³-hybridized carbons (Fsp3) is 0.188. The Balaban J connectivity index is 1.47. The number of hydrogen-bond donors (Lipinski definition) is 2. The van der Waals surface area contributed by atoms with E-state index in [4.69, 9.17) is 0 Å². The molecule has 0 saturated carbocycles. The molecule has 0 amide bonds. The first-order valence-corrected chi connectivity index (χ1v) is 7.63. The van der Waals surface area contributed by atoms with Crippen LogP contribution >= 0.6 is 0 Å². The molecule has 8 nitrogen and oxygen atoms in total. The Kier molecular flexibility index (Phi) is 3.62. The second-order valence-electron chi connectivity index (χ2n) is 5.41. The van der Waals surface area contributed by atoms with Crippen molar-refractivity contribution in [1.29, 1.82) is 0 Å². The number of carbonyl (C=O) groups is 1. The van der Waals surface area contributed by atoms with Gasteiger partial charge in [-0.3, -0.25) is 4.79 Å². The summed E-state index contributed by atoms with van der Waals surface area (Å²) in [6.07, 6.45) is 5.79. The third kappa shape index (κ3) is 2.69. The van der Waals surface area contributed by atoms with Gasteiger partial charge in [-0.25, -0.2) is 9.98 Å². The average Bonchev–Trinajstić information content (AvgIpc) is 3.26. The number of aromatic amines is 1. The van der Waals surface area contributed by atoms with E-state index in [0.717, 1.165) is 17.7 Å². The first kappa shape index (κ1) is 14.3. The molecule has 0 saturated heterocycles. The molecule has 0 bridgehead atoms. The molecule has 1 aliphatic heterocycles. The number of anilines is 1. The van der Waals surface area contributed by atoms with Crippen LogP contribution in [-0.4, -0.2) is 43.4 Å². The van der Waals surface area contributed by atoms with Crippen LogP contribution in [0.5, 0.6) is 0 Å². The molecule has 3 aromatic rings. The maximum absolute atomic E-state index is 12.6. The lowest BCUT2D eigenvalue weighted by Gasteiger charge is -2.14. The van der Waals surface area contributed by atoms with Crippen molar-refractivity contribution < 1.29 is 4.79 Å². The largest absolute Gasteiger partial charge is 0.352 e.